The number of nitrogens with one attached hydrogen (secondary N) is 1. The van der Waals surface area contributed by atoms with E-state index in [1.165, 1.54) is 4.31 Å². The Bertz CT molecular complexity index is 760. The number of benzene rings is 1. The highest BCUT2D eigenvalue weighted by molar-refractivity contribution is 7.89. The number of anilines is 1. The van der Waals surface area contributed by atoms with Crippen LogP contribution in [-0.4, -0.2) is 37.8 Å². The first-order valence-electron chi connectivity index (χ1n) is 7.29. The second kappa shape index (κ2) is 6.06. The normalized spacial score (nSPS) is 13.9. The van der Waals surface area contributed by atoms with E-state index in [2.05, 4.69) is 10.3 Å². The van der Waals surface area contributed by atoms with Gasteiger partial charge in [-0.25, -0.2) is 12.7 Å². The minimum atomic E-state index is -3.44. The number of aromatic nitrogens is 1. The molecule has 1 aliphatic heterocycles. The number of sulfonamides is 1. The lowest BCUT2D eigenvalue weighted by Crippen LogP contribution is -2.29. The fourth-order valence-electron chi connectivity index (χ4n) is 2.58. The predicted octanol–water partition coefficient (Wildman–Crippen LogP) is 1.91. The average Bonchev–Trinajstić information content (AvgIpc) is 3.01. The number of rotatable bonds is 5. The number of nitrogens with zero attached hydrogens (tertiary/aromatic N) is 2. The van der Waals surface area contributed by atoms with Crippen molar-refractivity contribution >= 4 is 15.7 Å². The highest BCUT2D eigenvalue weighted by Gasteiger charge is 2.22. The molecule has 5 nitrogen and oxygen atoms in total. The predicted molar refractivity (Wildman–Crippen MR) is 86.4 cm³/mol. The Labute approximate surface area is 131 Å². The van der Waals surface area contributed by atoms with Crippen LogP contribution in [0.2, 0.25) is 0 Å². The first-order valence-corrected chi connectivity index (χ1v) is 8.73. The Hall–Kier alpha value is -1.92. The zero-order valence-corrected chi connectivity index (χ0v) is 13.3. The van der Waals surface area contributed by atoms with Crippen LogP contribution in [0, 0.1) is 0 Å². The van der Waals surface area contributed by atoms with E-state index in [1.54, 1.807) is 31.6 Å². The number of pyridine rings is 1. The summed E-state index contributed by atoms with van der Waals surface area (Å²) in [6.07, 6.45) is 4.98. The van der Waals surface area contributed by atoms with Crippen LogP contribution in [0.1, 0.15) is 11.1 Å². The quantitative estimate of drug-likeness (QED) is 0.915. The van der Waals surface area contributed by atoms with Crippen LogP contribution in [0.5, 0.6) is 0 Å². The molecule has 2 aromatic rings. The van der Waals surface area contributed by atoms with Crippen LogP contribution < -0.4 is 5.32 Å². The fourth-order valence-corrected chi connectivity index (χ4v) is 3.80. The van der Waals surface area contributed by atoms with Crippen LogP contribution in [0.3, 0.4) is 0 Å². The van der Waals surface area contributed by atoms with Gasteiger partial charge in [-0.2, -0.15) is 0 Å². The summed E-state index contributed by atoms with van der Waals surface area (Å²) in [5, 5.41) is 3.24. The van der Waals surface area contributed by atoms with Gasteiger partial charge in [-0.15, -0.1) is 0 Å². The van der Waals surface area contributed by atoms with Gasteiger partial charge in [0, 0.05) is 38.2 Å². The molecule has 1 N–H and O–H groups in total. The van der Waals surface area contributed by atoms with Crippen molar-refractivity contribution in [3.05, 3.63) is 53.9 Å². The number of hydrogen-bond acceptors (Lipinski definition) is 4. The molecule has 0 unspecified atom stereocenters. The smallest absolute Gasteiger partial charge is 0.242 e. The van der Waals surface area contributed by atoms with Crippen molar-refractivity contribution < 1.29 is 8.42 Å². The zero-order valence-electron chi connectivity index (χ0n) is 12.5. The second-order valence-corrected chi connectivity index (χ2v) is 7.47. The van der Waals surface area contributed by atoms with Gasteiger partial charge in [0.05, 0.1) is 4.90 Å². The molecule has 0 fully saturated rings. The van der Waals surface area contributed by atoms with Crippen LogP contribution >= 0.6 is 0 Å². The lowest BCUT2D eigenvalue weighted by atomic mass is 10.2. The molecule has 0 amide bonds. The van der Waals surface area contributed by atoms with Crippen LogP contribution in [-0.2, 0) is 22.9 Å². The van der Waals surface area contributed by atoms with Gasteiger partial charge in [-0.1, -0.05) is 0 Å². The summed E-state index contributed by atoms with van der Waals surface area (Å²) in [6, 6.07) is 9.12. The molecular weight excluding hydrogens is 298 g/mol. The van der Waals surface area contributed by atoms with Crippen molar-refractivity contribution in [3.8, 4) is 0 Å². The van der Waals surface area contributed by atoms with Crippen molar-refractivity contribution in [2.24, 2.45) is 0 Å². The van der Waals surface area contributed by atoms with Crippen molar-refractivity contribution in [1.82, 2.24) is 9.29 Å². The van der Waals surface area contributed by atoms with Crippen molar-refractivity contribution in [2.75, 3.05) is 25.5 Å². The molecule has 0 atom stereocenters. The van der Waals surface area contributed by atoms with Gasteiger partial charge in [-0.3, -0.25) is 4.98 Å². The molecule has 22 heavy (non-hydrogen) atoms. The Morgan fingerprint density at radius 1 is 1.23 bits per heavy atom. The summed E-state index contributed by atoms with van der Waals surface area (Å²) in [4.78, 5) is 4.33. The largest absolute Gasteiger partial charge is 0.384 e. The Morgan fingerprint density at radius 3 is 2.77 bits per heavy atom. The monoisotopic (exact) mass is 317 g/mol. The summed E-state index contributed by atoms with van der Waals surface area (Å²) in [6.45, 7) is 1.32. The number of likely N-dealkylation sites (N-methyl/N-ethyl adjacent to an activating group) is 1. The summed E-state index contributed by atoms with van der Waals surface area (Å²) < 4.78 is 26.7. The molecule has 1 aromatic carbocycles. The average molecular weight is 317 g/mol. The minimum Gasteiger partial charge on any atom is -0.384 e. The SMILES string of the molecule is CN(CCc1ccncc1)S(=O)(=O)c1ccc2c(c1)CCN2. The Balaban J connectivity index is 1.74. The van der Waals surface area contributed by atoms with Crippen LogP contribution in [0.15, 0.2) is 47.6 Å². The Kier molecular flexibility index (Phi) is 4.13. The molecule has 3 rings (SSSR count). The molecule has 1 aliphatic rings. The molecular formula is C16H19N3O2S. The summed E-state index contributed by atoms with van der Waals surface area (Å²) >= 11 is 0. The summed E-state index contributed by atoms with van der Waals surface area (Å²) in [5.74, 6) is 0. The highest BCUT2D eigenvalue weighted by Crippen LogP contribution is 2.26. The third-order valence-electron chi connectivity index (χ3n) is 3.96. The molecule has 0 saturated carbocycles. The minimum absolute atomic E-state index is 0.368. The van der Waals surface area contributed by atoms with E-state index in [4.69, 9.17) is 0 Å². The third-order valence-corrected chi connectivity index (χ3v) is 5.81. The molecule has 0 aliphatic carbocycles. The molecule has 6 heteroatoms. The van der Waals surface area contributed by atoms with Gasteiger partial charge in [0.2, 0.25) is 10.0 Å². The molecule has 116 valence electrons. The maximum Gasteiger partial charge on any atom is 0.242 e. The fraction of sp³-hybridized carbons (Fsp3) is 0.312. The Morgan fingerprint density at radius 2 is 2.00 bits per heavy atom. The summed E-state index contributed by atoms with van der Waals surface area (Å²) in [5.41, 5.74) is 3.19. The molecule has 0 saturated heterocycles. The third kappa shape index (κ3) is 2.98. The first kappa shape index (κ1) is 15.0. The van der Waals surface area contributed by atoms with Crippen molar-refractivity contribution in [2.45, 2.75) is 17.7 Å². The summed E-state index contributed by atoms with van der Waals surface area (Å²) in [7, 11) is -1.81. The van der Waals surface area contributed by atoms with E-state index >= 15 is 0 Å². The van der Waals surface area contributed by atoms with Crippen molar-refractivity contribution in [1.29, 1.82) is 0 Å². The topological polar surface area (TPSA) is 62.3 Å². The molecule has 1 aromatic heterocycles. The number of hydrogen-bond donors (Lipinski definition) is 1. The maximum absolute atomic E-state index is 12.6. The zero-order chi connectivity index (χ0) is 15.6. The van der Waals surface area contributed by atoms with E-state index in [0.717, 1.165) is 29.8 Å². The maximum atomic E-state index is 12.6. The molecule has 0 radical (unpaired) electrons. The molecule has 0 bridgehead atoms. The van der Waals surface area contributed by atoms with Crippen LogP contribution in [0.25, 0.3) is 0 Å². The van der Waals surface area contributed by atoms with Crippen molar-refractivity contribution in [3.63, 3.8) is 0 Å². The van der Waals surface area contributed by atoms with Gasteiger partial charge in [-0.05, 0) is 54.3 Å². The van der Waals surface area contributed by atoms with Gasteiger partial charge in [0.25, 0.3) is 0 Å². The molecule has 0 spiro atoms. The van der Waals surface area contributed by atoms with Crippen LogP contribution in [0.4, 0.5) is 5.69 Å². The number of fused-ring (bicyclic) bond motifs is 1. The highest BCUT2D eigenvalue weighted by atomic mass is 32.2. The van der Waals surface area contributed by atoms with E-state index < -0.39 is 10.0 Å². The lowest BCUT2D eigenvalue weighted by molar-refractivity contribution is 0.472. The van der Waals surface area contributed by atoms with Gasteiger partial charge >= 0.3 is 0 Å². The van der Waals surface area contributed by atoms with E-state index in [0.29, 0.717) is 17.9 Å². The molecule has 2 heterocycles. The van der Waals surface area contributed by atoms with Gasteiger partial charge < -0.3 is 5.32 Å². The van der Waals surface area contributed by atoms with E-state index in [9.17, 15) is 8.42 Å². The van der Waals surface area contributed by atoms with E-state index in [-0.39, 0.29) is 0 Å². The van der Waals surface area contributed by atoms with Gasteiger partial charge in [0.1, 0.15) is 0 Å². The van der Waals surface area contributed by atoms with Gasteiger partial charge in [0.15, 0.2) is 0 Å². The first-order chi connectivity index (χ1) is 10.6. The second-order valence-electron chi connectivity index (χ2n) is 5.43. The van der Waals surface area contributed by atoms with E-state index in [1.807, 2.05) is 18.2 Å². The lowest BCUT2D eigenvalue weighted by Gasteiger charge is -2.17. The standard InChI is InChI=1S/C16H19N3O2S/c1-19(11-7-13-4-8-17-9-5-13)22(20,21)15-2-3-16-14(12-15)6-10-18-16/h2-5,8-9,12,18H,6-7,10-11H2,1H3.